The Hall–Kier alpha value is -3.22. The molecule has 0 unspecified atom stereocenters. The number of benzene rings is 2. The third-order valence-corrected chi connectivity index (χ3v) is 4.67. The Balaban J connectivity index is 1.55. The average molecular weight is 383 g/mol. The molecule has 0 aromatic heterocycles. The normalized spacial score (nSPS) is 13.1. The van der Waals surface area contributed by atoms with E-state index in [1.165, 1.54) is 7.11 Å². The van der Waals surface area contributed by atoms with Crippen LogP contribution in [0.1, 0.15) is 18.4 Å². The highest BCUT2D eigenvalue weighted by Gasteiger charge is 2.17. The largest absolute Gasteiger partial charge is 0.493 e. The molecular formula is C21H25N3O4. The van der Waals surface area contributed by atoms with Crippen molar-refractivity contribution in [2.45, 2.75) is 19.3 Å². The maximum atomic E-state index is 12.2. The van der Waals surface area contributed by atoms with E-state index in [0.717, 1.165) is 31.5 Å². The molecule has 0 aliphatic carbocycles. The van der Waals surface area contributed by atoms with Crippen molar-refractivity contribution < 1.29 is 19.1 Å². The van der Waals surface area contributed by atoms with Gasteiger partial charge in [0.2, 0.25) is 5.91 Å². The highest BCUT2D eigenvalue weighted by Crippen LogP contribution is 2.29. The van der Waals surface area contributed by atoms with Crippen molar-refractivity contribution in [2.75, 3.05) is 37.9 Å². The summed E-state index contributed by atoms with van der Waals surface area (Å²) >= 11 is 0. The predicted octanol–water partition coefficient (Wildman–Crippen LogP) is 3.51. The molecule has 0 bridgehead atoms. The van der Waals surface area contributed by atoms with Crippen molar-refractivity contribution in [1.82, 2.24) is 4.90 Å². The molecular weight excluding hydrogens is 358 g/mol. The molecule has 0 radical (unpaired) electrons. The quantitative estimate of drug-likeness (QED) is 0.800. The molecule has 1 aliphatic heterocycles. The van der Waals surface area contributed by atoms with E-state index >= 15 is 0 Å². The summed E-state index contributed by atoms with van der Waals surface area (Å²) in [7, 11) is 3.09. The van der Waals surface area contributed by atoms with E-state index in [0.29, 0.717) is 29.3 Å². The Morgan fingerprint density at radius 3 is 2.14 bits per heavy atom. The van der Waals surface area contributed by atoms with E-state index in [2.05, 4.69) is 10.6 Å². The smallest absolute Gasteiger partial charge is 0.323 e. The lowest BCUT2D eigenvalue weighted by Crippen LogP contribution is -2.29. The number of carbonyl (C=O) groups is 2. The van der Waals surface area contributed by atoms with E-state index in [1.54, 1.807) is 37.4 Å². The second-order valence-corrected chi connectivity index (χ2v) is 6.61. The van der Waals surface area contributed by atoms with Gasteiger partial charge in [-0.1, -0.05) is 12.1 Å². The van der Waals surface area contributed by atoms with Crippen LogP contribution in [0.3, 0.4) is 0 Å². The molecule has 148 valence electrons. The van der Waals surface area contributed by atoms with E-state index in [-0.39, 0.29) is 11.9 Å². The minimum absolute atomic E-state index is 0.157. The fourth-order valence-electron chi connectivity index (χ4n) is 3.17. The van der Waals surface area contributed by atoms with Crippen LogP contribution < -0.4 is 20.1 Å². The number of carbonyl (C=O) groups excluding carboxylic acids is 2. The SMILES string of the molecule is COc1ccc(NC(=O)Nc2ccc(CC(=O)N3CCCC3)cc2)cc1OC. The Morgan fingerprint density at radius 1 is 0.893 bits per heavy atom. The highest BCUT2D eigenvalue weighted by atomic mass is 16.5. The number of likely N-dealkylation sites (tertiary alicyclic amines) is 1. The zero-order valence-electron chi connectivity index (χ0n) is 16.2. The predicted molar refractivity (Wildman–Crippen MR) is 108 cm³/mol. The van der Waals surface area contributed by atoms with Gasteiger partial charge in [0.15, 0.2) is 11.5 Å². The Labute approximate surface area is 164 Å². The number of methoxy groups -OCH3 is 2. The number of hydrogen-bond acceptors (Lipinski definition) is 4. The number of nitrogens with one attached hydrogen (secondary N) is 2. The van der Waals surface area contributed by atoms with Gasteiger partial charge in [-0.15, -0.1) is 0 Å². The molecule has 1 heterocycles. The van der Waals surface area contributed by atoms with Crippen LogP contribution in [0, 0.1) is 0 Å². The summed E-state index contributed by atoms with van der Waals surface area (Å²) < 4.78 is 10.4. The molecule has 2 aromatic carbocycles. The number of urea groups is 1. The van der Waals surface area contributed by atoms with Crippen LogP contribution in [-0.4, -0.2) is 44.1 Å². The third kappa shape index (κ3) is 4.94. The fraction of sp³-hybridized carbons (Fsp3) is 0.333. The first-order chi connectivity index (χ1) is 13.6. The lowest BCUT2D eigenvalue weighted by molar-refractivity contribution is -0.129. The van der Waals surface area contributed by atoms with E-state index < -0.39 is 0 Å². The van der Waals surface area contributed by atoms with Gasteiger partial charge in [0.25, 0.3) is 0 Å². The molecule has 1 fully saturated rings. The average Bonchev–Trinajstić information content (AvgIpc) is 3.24. The summed E-state index contributed by atoms with van der Waals surface area (Å²) in [5, 5.41) is 5.53. The number of nitrogens with zero attached hydrogens (tertiary/aromatic N) is 1. The number of ether oxygens (including phenoxy) is 2. The van der Waals surface area contributed by atoms with Gasteiger partial charge < -0.3 is 25.0 Å². The summed E-state index contributed by atoms with van der Waals surface area (Å²) in [4.78, 5) is 26.3. The fourth-order valence-corrected chi connectivity index (χ4v) is 3.17. The molecule has 3 rings (SSSR count). The van der Waals surface area contributed by atoms with Crippen molar-refractivity contribution in [3.05, 3.63) is 48.0 Å². The summed E-state index contributed by atoms with van der Waals surface area (Å²) in [5.41, 5.74) is 2.17. The van der Waals surface area contributed by atoms with Crippen molar-refractivity contribution >= 4 is 23.3 Å². The summed E-state index contributed by atoms with van der Waals surface area (Å²) in [6, 6.07) is 12.1. The van der Waals surface area contributed by atoms with Gasteiger partial charge in [-0.3, -0.25) is 4.79 Å². The summed E-state index contributed by atoms with van der Waals surface area (Å²) in [5.74, 6) is 1.28. The first-order valence-electron chi connectivity index (χ1n) is 9.26. The van der Waals surface area contributed by atoms with Gasteiger partial charge >= 0.3 is 6.03 Å². The monoisotopic (exact) mass is 383 g/mol. The van der Waals surface area contributed by atoms with Crippen LogP contribution in [0.25, 0.3) is 0 Å². The van der Waals surface area contributed by atoms with Crippen LogP contribution in [0.2, 0.25) is 0 Å². The zero-order chi connectivity index (χ0) is 19.9. The maximum absolute atomic E-state index is 12.2. The van der Waals surface area contributed by atoms with E-state index in [9.17, 15) is 9.59 Å². The molecule has 28 heavy (non-hydrogen) atoms. The van der Waals surface area contributed by atoms with Crippen LogP contribution in [0.4, 0.5) is 16.2 Å². The second-order valence-electron chi connectivity index (χ2n) is 6.61. The molecule has 1 saturated heterocycles. The van der Waals surface area contributed by atoms with Gasteiger partial charge in [0.05, 0.1) is 20.6 Å². The van der Waals surface area contributed by atoms with Gasteiger partial charge in [0, 0.05) is 30.5 Å². The zero-order valence-corrected chi connectivity index (χ0v) is 16.2. The van der Waals surface area contributed by atoms with Crippen molar-refractivity contribution in [1.29, 1.82) is 0 Å². The van der Waals surface area contributed by atoms with Crippen LogP contribution in [-0.2, 0) is 11.2 Å². The van der Waals surface area contributed by atoms with Gasteiger partial charge in [-0.2, -0.15) is 0 Å². The lowest BCUT2D eigenvalue weighted by Gasteiger charge is -2.15. The molecule has 1 aliphatic rings. The molecule has 0 saturated carbocycles. The Kier molecular flexibility index (Phi) is 6.37. The van der Waals surface area contributed by atoms with Gasteiger partial charge in [-0.05, 0) is 42.7 Å². The van der Waals surface area contributed by atoms with Crippen LogP contribution in [0.15, 0.2) is 42.5 Å². The van der Waals surface area contributed by atoms with Crippen molar-refractivity contribution in [3.63, 3.8) is 0 Å². The molecule has 3 amide bonds. The molecule has 0 spiro atoms. The molecule has 7 nitrogen and oxygen atoms in total. The lowest BCUT2D eigenvalue weighted by atomic mass is 10.1. The Bertz CT molecular complexity index is 830. The summed E-state index contributed by atoms with van der Waals surface area (Å²) in [6.45, 7) is 1.71. The topological polar surface area (TPSA) is 79.9 Å². The van der Waals surface area contributed by atoms with Crippen molar-refractivity contribution in [3.8, 4) is 11.5 Å². The number of amides is 3. The third-order valence-electron chi connectivity index (χ3n) is 4.67. The number of hydrogen-bond donors (Lipinski definition) is 2. The molecule has 2 N–H and O–H groups in total. The van der Waals surface area contributed by atoms with Gasteiger partial charge in [0.1, 0.15) is 0 Å². The van der Waals surface area contributed by atoms with Crippen LogP contribution >= 0.6 is 0 Å². The summed E-state index contributed by atoms with van der Waals surface area (Å²) in [6.07, 6.45) is 2.56. The van der Waals surface area contributed by atoms with E-state index in [1.807, 2.05) is 17.0 Å². The molecule has 7 heteroatoms. The van der Waals surface area contributed by atoms with Crippen molar-refractivity contribution in [2.24, 2.45) is 0 Å². The first kappa shape index (κ1) is 19.5. The minimum atomic E-state index is -0.367. The van der Waals surface area contributed by atoms with Crippen LogP contribution in [0.5, 0.6) is 11.5 Å². The maximum Gasteiger partial charge on any atom is 0.323 e. The number of rotatable bonds is 6. The molecule has 0 atom stereocenters. The standard InChI is InChI=1S/C21H25N3O4/c1-27-18-10-9-17(14-19(18)28-2)23-21(26)22-16-7-5-15(6-8-16)13-20(25)24-11-3-4-12-24/h5-10,14H,3-4,11-13H2,1-2H3,(H2,22,23,26). The minimum Gasteiger partial charge on any atom is -0.493 e. The van der Waals surface area contributed by atoms with Gasteiger partial charge in [-0.25, -0.2) is 4.79 Å². The second kappa shape index (κ2) is 9.12. The van der Waals surface area contributed by atoms with E-state index in [4.69, 9.17) is 9.47 Å². The first-order valence-corrected chi connectivity index (χ1v) is 9.26. The highest BCUT2D eigenvalue weighted by molar-refractivity contribution is 6.00. The molecule has 2 aromatic rings. The number of anilines is 2. The Morgan fingerprint density at radius 2 is 1.50 bits per heavy atom.